The van der Waals surface area contributed by atoms with Gasteiger partial charge in [0, 0.05) is 23.9 Å². The third-order valence-electron chi connectivity index (χ3n) is 4.50. The number of hydrogen-bond donors (Lipinski definition) is 1. The van der Waals surface area contributed by atoms with Crippen LogP contribution in [0.1, 0.15) is 24.5 Å². The van der Waals surface area contributed by atoms with Crippen molar-refractivity contribution in [3.63, 3.8) is 0 Å². The summed E-state index contributed by atoms with van der Waals surface area (Å²) in [7, 11) is 1.61. The molecule has 1 N–H and O–H groups in total. The molecular weight excluding hydrogens is 380 g/mol. The number of carbonyl (C=O) groups excluding carboxylic acids is 1. The lowest BCUT2D eigenvalue weighted by atomic mass is 10.1. The van der Waals surface area contributed by atoms with Crippen molar-refractivity contribution in [1.82, 2.24) is 4.98 Å². The predicted molar refractivity (Wildman–Crippen MR) is 116 cm³/mol. The first-order chi connectivity index (χ1) is 14.6. The number of carbonyl (C=O) groups is 1. The number of aryl methyl sites for hydroxylation is 1. The molecular formula is C24H26N2O4. The van der Waals surface area contributed by atoms with Crippen LogP contribution in [0.2, 0.25) is 0 Å². The molecule has 3 aromatic rings. The minimum atomic E-state index is -0.251. The largest absolute Gasteiger partial charge is 0.496 e. The van der Waals surface area contributed by atoms with Crippen molar-refractivity contribution in [3.05, 3.63) is 78.0 Å². The van der Waals surface area contributed by atoms with Gasteiger partial charge in [-0.25, -0.2) is 4.98 Å². The van der Waals surface area contributed by atoms with Gasteiger partial charge in [0.2, 0.25) is 0 Å². The summed E-state index contributed by atoms with van der Waals surface area (Å²) in [6.07, 6.45) is 5.77. The van der Waals surface area contributed by atoms with Crippen molar-refractivity contribution in [2.75, 3.05) is 19.0 Å². The summed E-state index contributed by atoms with van der Waals surface area (Å²) < 4.78 is 16.0. The van der Waals surface area contributed by atoms with Crippen molar-refractivity contribution >= 4 is 11.7 Å². The smallest absolute Gasteiger partial charge is 0.309 e. The summed E-state index contributed by atoms with van der Waals surface area (Å²) in [4.78, 5) is 15.8. The van der Waals surface area contributed by atoms with Gasteiger partial charge in [0.15, 0.2) is 12.2 Å². The van der Waals surface area contributed by atoms with Crippen LogP contribution in [0, 0.1) is 6.92 Å². The molecule has 0 spiro atoms. The van der Waals surface area contributed by atoms with Gasteiger partial charge in [-0.15, -0.1) is 0 Å². The van der Waals surface area contributed by atoms with Gasteiger partial charge in [0.25, 0.3) is 0 Å². The van der Waals surface area contributed by atoms with Gasteiger partial charge in [-0.3, -0.25) is 4.79 Å². The summed E-state index contributed by atoms with van der Waals surface area (Å²) >= 11 is 0. The number of esters is 1. The molecule has 0 aliphatic heterocycles. The van der Waals surface area contributed by atoms with Crippen LogP contribution in [0.25, 0.3) is 11.3 Å². The first-order valence-electron chi connectivity index (χ1n) is 9.83. The number of benzene rings is 2. The van der Waals surface area contributed by atoms with Gasteiger partial charge in [-0.2, -0.15) is 0 Å². The van der Waals surface area contributed by atoms with Gasteiger partial charge in [0.1, 0.15) is 5.75 Å². The third kappa shape index (κ3) is 5.73. The van der Waals surface area contributed by atoms with Crippen LogP contribution < -0.4 is 10.1 Å². The molecule has 0 atom stereocenters. The van der Waals surface area contributed by atoms with Gasteiger partial charge >= 0.3 is 5.97 Å². The molecule has 30 heavy (non-hydrogen) atoms. The zero-order chi connectivity index (χ0) is 21.3. The number of aromatic nitrogens is 1. The number of allylic oxidation sites excluding steroid dienone is 1. The maximum atomic E-state index is 11.9. The van der Waals surface area contributed by atoms with Gasteiger partial charge < -0.3 is 19.2 Å². The molecule has 0 fully saturated rings. The number of oxazole rings is 1. The summed E-state index contributed by atoms with van der Waals surface area (Å²) in [5, 5.41) is 3.42. The van der Waals surface area contributed by atoms with E-state index in [0.717, 1.165) is 22.5 Å². The van der Waals surface area contributed by atoms with Crippen molar-refractivity contribution in [2.24, 2.45) is 0 Å². The lowest BCUT2D eigenvalue weighted by Crippen LogP contribution is -2.07. The second-order valence-electron chi connectivity index (χ2n) is 6.81. The van der Waals surface area contributed by atoms with Crippen molar-refractivity contribution in [1.29, 1.82) is 0 Å². The maximum absolute atomic E-state index is 11.9. The highest BCUT2D eigenvalue weighted by Crippen LogP contribution is 2.32. The molecule has 0 saturated heterocycles. The number of ether oxygens (including phenoxy) is 2. The highest BCUT2D eigenvalue weighted by molar-refractivity contribution is 5.72. The lowest BCUT2D eigenvalue weighted by Gasteiger charge is -2.14. The molecule has 1 heterocycles. The molecule has 3 rings (SSSR count). The monoisotopic (exact) mass is 406 g/mol. The second kappa shape index (κ2) is 10.3. The molecule has 0 amide bonds. The number of hydrogen-bond acceptors (Lipinski definition) is 6. The molecule has 0 unspecified atom stereocenters. The summed E-state index contributed by atoms with van der Waals surface area (Å²) in [6, 6.07) is 14.0. The van der Waals surface area contributed by atoms with Crippen LogP contribution in [0.5, 0.6) is 5.75 Å². The molecule has 0 aliphatic rings. The number of rotatable bonds is 9. The molecule has 6 heteroatoms. The fraction of sp³-hybridized carbons (Fsp3) is 0.250. The Kier molecular flexibility index (Phi) is 7.27. The second-order valence-corrected chi connectivity index (χ2v) is 6.81. The zero-order valence-electron chi connectivity index (χ0n) is 17.5. The Labute approximate surface area is 176 Å². The van der Waals surface area contributed by atoms with Crippen LogP contribution in [-0.2, 0) is 16.0 Å². The Hall–Kier alpha value is -3.54. The first kappa shape index (κ1) is 21.2. The standard InChI is InChI=1S/C24H26N2O4/c1-4-29-24(27)11-9-19(13-18-7-5-6-17(2)12-18)26-20-8-10-21(22(14-20)28-3)23-15-25-16-30-23/h5-10,12,14-16,26H,4,11,13H2,1-3H3/b19-9+. The average Bonchev–Trinajstić information content (AvgIpc) is 3.27. The highest BCUT2D eigenvalue weighted by atomic mass is 16.5. The van der Waals surface area contributed by atoms with Gasteiger partial charge in [0.05, 0.1) is 31.9 Å². The molecule has 1 aromatic heterocycles. The topological polar surface area (TPSA) is 73.6 Å². The summed E-state index contributed by atoms with van der Waals surface area (Å²) in [5.74, 6) is 1.05. The van der Waals surface area contributed by atoms with E-state index >= 15 is 0 Å². The van der Waals surface area contributed by atoms with E-state index < -0.39 is 0 Å². The zero-order valence-corrected chi connectivity index (χ0v) is 17.5. The Balaban J connectivity index is 1.84. The number of nitrogens with zero attached hydrogens (tertiary/aromatic N) is 1. The van der Waals surface area contributed by atoms with Gasteiger partial charge in [-0.05, 0) is 31.5 Å². The Bertz CT molecular complexity index is 1010. The minimum absolute atomic E-state index is 0.204. The van der Waals surface area contributed by atoms with Crippen molar-refractivity contribution < 1.29 is 18.7 Å². The Morgan fingerprint density at radius 2 is 2.10 bits per heavy atom. The molecule has 0 radical (unpaired) electrons. The minimum Gasteiger partial charge on any atom is -0.496 e. The van der Waals surface area contributed by atoms with Crippen LogP contribution >= 0.6 is 0 Å². The van der Waals surface area contributed by atoms with Gasteiger partial charge in [-0.1, -0.05) is 35.9 Å². The van der Waals surface area contributed by atoms with E-state index in [9.17, 15) is 4.79 Å². The van der Waals surface area contributed by atoms with Crippen LogP contribution in [0.4, 0.5) is 5.69 Å². The lowest BCUT2D eigenvalue weighted by molar-refractivity contribution is -0.142. The Morgan fingerprint density at radius 1 is 1.23 bits per heavy atom. The molecule has 6 nitrogen and oxygen atoms in total. The summed E-state index contributed by atoms with van der Waals surface area (Å²) in [5.41, 5.74) is 4.91. The van der Waals surface area contributed by atoms with E-state index in [0.29, 0.717) is 24.5 Å². The number of nitrogens with one attached hydrogen (secondary N) is 1. The maximum Gasteiger partial charge on any atom is 0.309 e. The number of anilines is 1. The molecule has 0 bridgehead atoms. The average molecular weight is 406 g/mol. The predicted octanol–water partition coefficient (Wildman–Crippen LogP) is 5.15. The van der Waals surface area contributed by atoms with E-state index in [1.54, 1.807) is 20.2 Å². The van der Waals surface area contributed by atoms with Crippen LogP contribution in [0.15, 0.2) is 71.2 Å². The van der Waals surface area contributed by atoms with Crippen LogP contribution in [-0.4, -0.2) is 24.7 Å². The normalized spacial score (nSPS) is 11.2. The van der Waals surface area contributed by atoms with E-state index in [-0.39, 0.29) is 12.4 Å². The SMILES string of the molecule is CCOC(=O)C/C=C(\Cc1cccc(C)c1)Nc1ccc(-c2cnco2)c(OC)c1. The van der Waals surface area contributed by atoms with Crippen molar-refractivity contribution in [2.45, 2.75) is 26.7 Å². The molecule has 2 aromatic carbocycles. The molecule has 156 valence electrons. The third-order valence-corrected chi connectivity index (χ3v) is 4.50. The van der Waals surface area contributed by atoms with Crippen molar-refractivity contribution in [3.8, 4) is 17.1 Å². The van der Waals surface area contributed by atoms with E-state index in [2.05, 4.69) is 35.4 Å². The van der Waals surface area contributed by atoms with E-state index in [4.69, 9.17) is 13.9 Å². The quantitative estimate of drug-likeness (QED) is 0.496. The Morgan fingerprint density at radius 3 is 2.80 bits per heavy atom. The molecule has 0 saturated carbocycles. The van der Waals surface area contributed by atoms with E-state index in [1.807, 2.05) is 30.3 Å². The highest BCUT2D eigenvalue weighted by Gasteiger charge is 2.11. The first-order valence-corrected chi connectivity index (χ1v) is 9.83. The molecule has 0 aliphatic carbocycles. The fourth-order valence-corrected chi connectivity index (χ4v) is 3.14. The fourth-order valence-electron chi connectivity index (χ4n) is 3.14. The van der Waals surface area contributed by atoms with E-state index in [1.165, 1.54) is 12.0 Å². The number of methoxy groups -OCH3 is 1. The summed E-state index contributed by atoms with van der Waals surface area (Å²) in [6.45, 7) is 4.23. The van der Waals surface area contributed by atoms with Crippen LogP contribution in [0.3, 0.4) is 0 Å².